The van der Waals surface area contributed by atoms with Crippen LogP contribution in [0.25, 0.3) is 0 Å². The topological polar surface area (TPSA) is 109 Å². The Morgan fingerprint density at radius 3 is 2.62 bits per heavy atom. The third-order valence-electron chi connectivity index (χ3n) is 3.40. The van der Waals surface area contributed by atoms with Crippen LogP contribution in [0.4, 0.5) is 11.6 Å². The van der Waals surface area contributed by atoms with Crippen LogP contribution in [-0.2, 0) is 11.3 Å². The number of furan rings is 1. The van der Waals surface area contributed by atoms with Gasteiger partial charge in [-0.15, -0.1) is 0 Å². The van der Waals surface area contributed by atoms with E-state index in [9.17, 15) is 9.59 Å². The van der Waals surface area contributed by atoms with Crippen molar-refractivity contribution in [1.29, 1.82) is 0 Å². The number of hydrogen-bond acceptors (Lipinski definition) is 6. The molecule has 3 rings (SSSR count). The lowest BCUT2D eigenvalue weighted by molar-refractivity contribution is -0.120. The molecular weight excluding hydrogens is 334 g/mol. The van der Waals surface area contributed by atoms with E-state index >= 15 is 0 Å². The summed E-state index contributed by atoms with van der Waals surface area (Å²) in [5, 5.41) is 8.25. The van der Waals surface area contributed by atoms with Gasteiger partial charge in [-0.3, -0.25) is 9.59 Å². The first-order chi connectivity index (χ1) is 12.7. The summed E-state index contributed by atoms with van der Waals surface area (Å²) < 4.78 is 5.12. The summed E-state index contributed by atoms with van der Waals surface area (Å²) in [4.78, 5) is 32.1. The average molecular weight is 351 g/mol. The Labute approximate surface area is 149 Å². The Bertz CT molecular complexity index is 866. The van der Waals surface area contributed by atoms with Gasteiger partial charge in [0.25, 0.3) is 5.91 Å². The standard InChI is InChI=1S/C18H17N5O3/c24-16(21-11-15-6-2-9-26-15)12-22-17(25)13-4-1-5-14(10-13)23-18-19-7-3-8-20-18/h1-10H,11-12H2,(H,21,24)(H,22,25)(H,19,20,23). The highest BCUT2D eigenvalue weighted by Crippen LogP contribution is 2.14. The van der Waals surface area contributed by atoms with Gasteiger partial charge < -0.3 is 20.4 Å². The van der Waals surface area contributed by atoms with Crippen molar-refractivity contribution in [3.8, 4) is 0 Å². The van der Waals surface area contributed by atoms with E-state index < -0.39 is 0 Å². The molecule has 0 fully saturated rings. The minimum Gasteiger partial charge on any atom is -0.467 e. The number of hydrogen-bond donors (Lipinski definition) is 3. The fourth-order valence-electron chi connectivity index (χ4n) is 2.15. The van der Waals surface area contributed by atoms with Crippen molar-refractivity contribution in [2.24, 2.45) is 0 Å². The molecule has 1 aromatic carbocycles. The van der Waals surface area contributed by atoms with Crippen LogP contribution in [-0.4, -0.2) is 28.3 Å². The molecule has 0 saturated heterocycles. The second-order valence-electron chi connectivity index (χ2n) is 5.32. The molecule has 0 aliphatic rings. The van der Waals surface area contributed by atoms with E-state index in [1.165, 1.54) is 6.26 Å². The Balaban J connectivity index is 1.51. The van der Waals surface area contributed by atoms with E-state index in [1.807, 2.05) is 0 Å². The number of nitrogens with zero attached hydrogens (tertiary/aromatic N) is 2. The molecule has 8 heteroatoms. The molecule has 3 N–H and O–H groups in total. The van der Waals surface area contributed by atoms with Crippen molar-refractivity contribution in [2.45, 2.75) is 6.54 Å². The van der Waals surface area contributed by atoms with Gasteiger partial charge in [0.05, 0.1) is 19.4 Å². The number of aromatic nitrogens is 2. The van der Waals surface area contributed by atoms with Crippen molar-refractivity contribution >= 4 is 23.5 Å². The monoisotopic (exact) mass is 351 g/mol. The summed E-state index contributed by atoms with van der Waals surface area (Å²) in [7, 11) is 0. The summed E-state index contributed by atoms with van der Waals surface area (Å²) in [5.74, 6) is 0.423. The van der Waals surface area contributed by atoms with Gasteiger partial charge in [-0.05, 0) is 36.4 Å². The van der Waals surface area contributed by atoms with Gasteiger partial charge >= 0.3 is 0 Å². The van der Waals surface area contributed by atoms with Crippen LogP contribution in [0.3, 0.4) is 0 Å². The number of nitrogens with one attached hydrogen (secondary N) is 3. The molecule has 2 heterocycles. The lowest BCUT2D eigenvalue weighted by Crippen LogP contribution is -2.36. The van der Waals surface area contributed by atoms with Crippen LogP contribution >= 0.6 is 0 Å². The zero-order chi connectivity index (χ0) is 18.2. The highest BCUT2D eigenvalue weighted by Gasteiger charge is 2.09. The van der Waals surface area contributed by atoms with Crippen molar-refractivity contribution in [3.63, 3.8) is 0 Å². The van der Waals surface area contributed by atoms with Gasteiger partial charge in [-0.2, -0.15) is 0 Å². The molecule has 132 valence electrons. The minimum absolute atomic E-state index is 0.126. The summed E-state index contributed by atoms with van der Waals surface area (Å²) in [5.41, 5.74) is 1.09. The first kappa shape index (κ1) is 17.2. The van der Waals surface area contributed by atoms with Crippen molar-refractivity contribution in [2.75, 3.05) is 11.9 Å². The third kappa shape index (κ3) is 4.91. The zero-order valence-corrected chi connectivity index (χ0v) is 13.8. The molecular formula is C18H17N5O3. The maximum absolute atomic E-state index is 12.2. The molecule has 0 bridgehead atoms. The van der Waals surface area contributed by atoms with Gasteiger partial charge in [-0.1, -0.05) is 6.07 Å². The summed E-state index contributed by atoms with van der Waals surface area (Å²) in [6.07, 6.45) is 4.77. The number of benzene rings is 1. The fourth-order valence-corrected chi connectivity index (χ4v) is 2.15. The Kier molecular flexibility index (Phi) is 5.56. The van der Waals surface area contributed by atoms with Crippen LogP contribution in [0, 0.1) is 0 Å². The van der Waals surface area contributed by atoms with Crippen LogP contribution in [0.15, 0.2) is 65.5 Å². The Hall–Kier alpha value is -3.68. The number of carbonyl (C=O) groups excluding carboxylic acids is 2. The smallest absolute Gasteiger partial charge is 0.251 e. The molecule has 3 aromatic rings. The lowest BCUT2D eigenvalue weighted by atomic mass is 10.2. The van der Waals surface area contributed by atoms with Gasteiger partial charge in [0, 0.05) is 23.6 Å². The molecule has 8 nitrogen and oxygen atoms in total. The summed E-state index contributed by atoms with van der Waals surface area (Å²) in [6.45, 7) is 0.150. The van der Waals surface area contributed by atoms with Crippen LogP contribution < -0.4 is 16.0 Å². The number of carbonyl (C=O) groups is 2. The lowest BCUT2D eigenvalue weighted by Gasteiger charge is -2.08. The Morgan fingerprint density at radius 1 is 1.00 bits per heavy atom. The molecule has 0 aliphatic heterocycles. The second kappa shape index (κ2) is 8.43. The zero-order valence-electron chi connectivity index (χ0n) is 13.8. The SMILES string of the molecule is O=C(CNC(=O)c1cccc(Nc2ncccn2)c1)NCc1ccco1. The van der Waals surface area contributed by atoms with E-state index in [1.54, 1.807) is 54.9 Å². The first-order valence-electron chi connectivity index (χ1n) is 7.92. The second-order valence-corrected chi connectivity index (χ2v) is 5.32. The van der Waals surface area contributed by atoms with Gasteiger partial charge in [0.15, 0.2) is 0 Å². The molecule has 0 spiro atoms. The largest absolute Gasteiger partial charge is 0.467 e. The maximum Gasteiger partial charge on any atom is 0.251 e. The molecule has 0 unspecified atom stereocenters. The van der Waals surface area contributed by atoms with Crippen molar-refractivity contribution < 1.29 is 14.0 Å². The molecule has 26 heavy (non-hydrogen) atoms. The van der Waals surface area contributed by atoms with E-state index in [0.29, 0.717) is 23.0 Å². The number of anilines is 2. The van der Waals surface area contributed by atoms with Crippen LogP contribution in [0.2, 0.25) is 0 Å². The quantitative estimate of drug-likeness (QED) is 0.599. The Morgan fingerprint density at radius 2 is 1.85 bits per heavy atom. The average Bonchev–Trinajstić information content (AvgIpc) is 3.19. The van der Waals surface area contributed by atoms with Crippen LogP contribution in [0.1, 0.15) is 16.1 Å². The molecule has 0 aliphatic carbocycles. The molecule has 0 atom stereocenters. The van der Waals surface area contributed by atoms with E-state index in [4.69, 9.17) is 4.42 Å². The maximum atomic E-state index is 12.2. The van der Waals surface area contributed by atoms with Gasteiger partial charge in [-0.25, -0.2) is 9.97 Å². The molecule has 2 amide bonds. The first-order valence-corrected chi connectivity index (χ1v) is 7.92. The predicted octanol–water partition coefficient (Wildman–Crippen LogP) is 1.86. The van der Waals surface area contributed by atoms with Crippen molar-refractivity contribution in [1.82, 2.24) is 20.6 Å². The highest BCUT2D eigenvalue weighted by atomic mass is 16.3. The minimum atomic E-state index is -0.351. The van der Waals surface area contributed by atoms with E-state index in [-0.39, 0.29) is 24.9 Å². The summed E-state index contributed by atoms with van der Waals surface area (Å²) >= 11 is 0. The predicted molar refractivity (Wildman–Crippen MR) is 94.6 cm³/mol. The van der Waals surface area contributed by atoms with E-state index in [2.05, 4.69) is 25.9 Å². The van der Waals surface area contributed by atoms with Crippen LogP contribution in [0.5, 0.6) is 0 Å². The fraction of sp³-hybridized carbons (Fsp3) is 0.111. The summed E-state index contributed by atoms with van der Waals surface area (Å²) in [6, 6.07) is 12.1. The van der Waals surface area contributed by atoms with Crippen molar-refractivity contribution in [3.05, 3.63) is 72.4 Å². The van der Waals surface area contributed by atoms with Gasteiger partial charge in [0.1, 0.15) is 5.76 Å². The number of rotatable bonds is 7. The molecule has 0 saturated carbocycles. The normalized spacial score (nSPS) is 10.2. The van der Waals surface area contributed by atoms with E-state index in [0.717, 1.165) is 0 Å². The highest BCUT2D eigenvalue weighted by molar-refractivity contribution is 5.97. The van der Waals surface area contributed by atoms with Gasteiger partial charge in [0.2, 0.25) is 11.9 Å². The number of amides is 2. The molecule has 2 aromatic heterocycles. The third-order valence-corrected chi connectivity index (χ3v) is 3.40. The molecule has 0 radical (unpaired) electrons.